The van der Waals surface area contributed by atoms with Crippen LogP contribution in [0.5, 0.6) is 0 Å². The largest absolute Gasteiger partial charge is 0.354 e. The predicted octanol–water partition coefficient (Wildman–Crippen LogP) is 4.98. The summed E-state index contributed by atoms with van der Waals surface area (Å²) in [6.07, 6.45) is 3.66. The Hall–Kier alpha value is -2.08. The van der Waals surface area contributed by atoms with E-state index in [0.717, 1.165) is 54.6 Å². The average Bonchev–Trinajstić information content (AvgIpc) is 3.20. The number of nitrogens with zero attached hydrogens (tertiary/aromatic N) is 4. The Labute approximate surface area is 175 Å². The van der Waals surface area contributed by atoms with Crippen molar-refractivity contribution in [1.29, 1.82) is 0 Å². The number of aromatic nitrogens is 3. The van der Waals surface area contributed by atoms with Gasteiger partial charge in [-0.1, -0.05) is 29.3 Å². The Balaban J connectivity index is 1.54. The first-order valence-electron chi connectivity index (χ1n) is 9.47. The first-order chi connectivity index (χ1) is 13.5. The molecular formula is C21H23Cl2N5. The Morgan fingerprint density at radius 2 is 1.71 bits per heavy atom. The quantitative estimate of drug-likeness (QED) is 0.652. The zero-order valence-corrected chi connectivity index (χ0v) is 17.5. The maximum atomic E-state index is 6.14. The molecule has 1 saturated heterocycles. The van der Waals surface area contributed by atoms with E-state index in [2.05, 4.69) is 44.7 Å². The molecule has 1 aliphatic rings. The molecule has 0 aliphatic carbocycles. The molecule has 1 aliphatic heterocycles. The fraction of sp³-hybridized carbons (Fsp3) is 0.333. The Kier molecular flexibility index (Phi) is 5.58. The summed E-state index contributed by atoms with van der Waals surface area (Å²) in [5.74, 6) is 1.80. The average molecular weight is 416 g/mol. The van der Waals surface area contributed by atoms with Gasteiger partial charge >= 0.3 is 0 Å². The molecule has 1 N–H and O–H groups in total. The van der Waals surface area contributed by atoms with Crippen molar-refractivity contribution in [1.82, 2.24) is 19.9 Å². The molecule has 3 aromatic rings. The summed E-state index contributed by atoms with van der Waals surface area (Å²) in [4.78, 5) is 17.3. The fourth-order valence-corrected chi connectivity index (χ4v) is 3.78. The van der Waals surface area contributed by atoms with Gasteiger partial charge in [-0.2, -0.15) is 0 Å². The third kappa shape index (κ3) is 4.02. The standard InChI is InChI=1S/C21H23Cl2N5/c1-14(2)27-7-9-28(10-8-27)20-12-16(5-6-24-20)21-25-13-19(26-21)15-3-4-17(22)18(23)11-15/h3-6,11-14H,7-10H2,1-2H3,(H,25,26). The summed E-state index contributed by atoms with van der Waals surface area (Å²) in [5.41, 5.74) is 2.87. The highest BCUT2D eigenvalue weighted by atomic mass is 35.5. The molecule has 7 heteroatoms. The predicted molar refractivity (Wildman–Crippen MR) is 116 cm³/mol. The van der Waals surface area contributed by atoms with Crippen LogP contribution >= 0.6 is 23.2 Å². The molecule has 1 fully saturated rings. The highest BCUT2D eigenvalue weighted by Crippen LogP contribution is 2.29. The molecule has 0 bridgehead atoms. The minimum Gasteiger partial charge on any atom is -0.354 e. The highest BCUT2D eigenvalue weighted by Gasteiger charge is 2.20. The first kappa shape index (κ1) is 19.2. The summed E-state index contributed by atoms with van der Waals surface area (Å²) in [7, 11) is 0. The number of imidazole rings is 1. The van der Waals surface area contributed by atoms with E-state index in [4.69, 9.17) is 23.2 Å². The zero-order valence-electron chi connectivity index (χ0n) is 16.0. The van der Waals surface area contributed by atoms with Gasteiger partial charge in [0, 0.05) is 49.5 Å². The molecule has 0 radical (unpaired) electrons. The highest BCUT2D eigenvalue weighted by molar-refractivity contribution is 6.42. The van der Waals surface area contributed by atoms with Crippen LogP contribution in [0.15, 0.2) is 42.7 Å². The van der Waals surface area contributed by atoms with E-state index in [-0.39, 0.29) is 0 Å². The molecule has 2 aromatic heterocycles. The van der Waals surface area contributed by atoms with Crippen LogP contribution < -0.4 is 4.90 Å². The smallest absolute Gasteiger partial charge is 0.137 e. The van der Waals surface area contributed by atoms with E-state index in [1.807, 2.05) is 30.6 Å². The Morgan fingerprint density at radius 1 is 0.929 bits per heavy atom. The lowest BCUT2D eigenvalue weighted by Crippen LogP contribution is -2.49. The van der Waals surface area contributed by atoms with Gasteiger partial charge in [-0.15, -0.1) is 0 Å². The summed E-state index contributed by atoms with van der Waals surface area (Å²) in [6, 6.07) is 10.2. The third-order valence-corrected chi connectivity index (χ3v) is 5.93. The number of piperazine rings is 1. The van der Waals surface area contributed by atoms with Crippen LogP contribution in [0, 0.1) is 0 Å². The van der Waals surface area contributed by atoms with Crippen molar-refractivity contribution < 1.29 is 0 Å². The number of benzene rings is 1. The Bertz CT molecular complexity index is 961. The topological polar surface area (TPSA) is 48.0 Å². The number of aromatic amines is 1. The van der Waals surface area contributed by atoms with E-state index in [1.54, 1.807) is 6.07 Å². The second-order valence-corrected chi connectivity index (χ2v) is 8.11. The van der Waals surface area contributed by atoms with Crippen LogP contribution in [0.1, 0.15) is 13.8 Å². The van der Waals surface area contributed by atoms with Crippen LogP contribution in [-0.4, -0.2) is 52.1 Å². The molecule has 28 heavy (non-hydrogen) atoms. The summed E-state index contributed by atoms with van der Waals surface area (Å²) in [5, 5.41) is 1.07. The minimum absolute atomic E-state index is 0.530. The summed E-state index contributed by atoms with van der Waals surface area (Å²) < 4.78 is 0. The number of rotatable bonds is 4. The number of H-pyrrole nitrogens is 1. The number of halogens is 2. The maximum Gasteiger partial charge on any atom is 0.137 e. The number of nitrogens with one attached hydrogen (secondary N) is 1. The van der Waals surface area contributed by atoms with Crippen molar-refractivity contribution in [3.8, 4) is 22.6 Å². The van der Waals surface area contributed by atoms with Gasteiger partial charge < -0.3 is 9.88 Å². The van der Waals surface area contributed by atoms with Crippen molar-refractivity contribution in [2.45, 2.75) is 19.9 Å². The van der Waals surface area contributed by atoms with Crippen molar-refractivity contribution in [2.24, 2.45) is 0 Å². The van der Waals surface area contributed by atoms with E-state index < -0.39 is 0 Å². The van der Waals surface area contributed by atoms with E-state index in [9.17, 15) is 0 Å². The van der Waals surface area contributed by atoms with E-state index in [0.29, 0.717) is 16.1 Å². The van der Waals surface area contributed by atoms with Crippen LogP contribution in [0.4, 0.5) is 5.82 Å². The van der Waals surface area contributed by atoms with Crippen LogP contribution in [0.3, 0.4) is 0 Å². The number of pyridine rings is 1. The molecular weight excluding hydrogens is 393 g/mol. The lowest BCUT2D eigenvalue weighted by atomic mass is 10.2. The second kappa shape index (κ2) is 8.11. The molecule has 0 unspecified atom stereocenters. The molecule has 0 spiro atoms. The lowest BCUT2D eigenvalue weighted by molar-refractivity contribution is 0.209. The third-order valence-electron chi connectivity index (χ3n) is 5.19. The van der Waals surface area contributed by atoms with Crippen molar-refractivity contribution in [3.05, 3.63) is 52.8 Å². The molecule has 146 valence electrons. The monoisotopic (exact) mass is 415 g/mol. The first-order valence-corrected chi connectivity index (χ1v) is 10.2. The molecule has 3 heterocycles. The lowest BCUT2D eigenvalue weighted by Gasteiger charge is -2.37. The molecule has 0 amide bonds. The fourth-order valence-electron chi connectivity index (χ4n) is 3.48. The maximum absolute atomic E-state index is 6.14. The van der Waals surface area contributed by atoms with Crippen LogP contribution in [0.2, 0.25) is 10.0 Å². The van der Waals surface area contributed by atoms with Crippen LogP contribution in [-0.2, 0) is 0 Å². The van der Waals surface area contributed by atoms with Crippen LogP contribution in [0.25, 0.3) is 22.6 Å². The SMILES string of the molecule is CC(C)N1CCN(c2cc(-c3ncc(-c4ccc(Cl)c(Cl)c4)[nH]3)ccn2)CC1. The van der Waals surface area contributed by atoms with Gasteiger partial charge in [0.1, 0.15) is 11.6 Å². The van der Waals surface area contributed by atoms with Gasteiger partial charge in [0.05, 0.1) is 21.9 Å². The second-order valence-electron chi connectivity index (χ2n) is 7.29. The normalized spacial score (nSPS) is 15.4. The Morgan fingerprint density at radius 3 is 2.43 bits per heavy atom. The van der Waals surface area contributed by atoms with E-state index in [1.165, 1.54) is 0 Å². The number of hydrogen-bond donors (Lipinski definition) is 1. The van der Waals surface area contributed by atoms with Gasteiger partial charge in [-0.25, -0.2) is 9.97 Å². The molecule has 4 rings (SSSR count). The van der Waals surface area contributed by atoms with Gasteiger partial charge in [-0.3, -0.25) is 4.90 Å². The molecule has 1 aromatic carbocycles. The minimum atomic E-state index is 0.530. The van der Waals surface area contributed by atoms with E-state index >= 15 is 0 Å². The molecule has 5 nitrogen and oxygen atoms in total. The molecule has 0 atom stereocenters. The van der Waals surface area contributed by atoms with Crippen molar-refractivity contribution in [2.75, 3.05) is 31.1 Å². The van der Waals surface area contributed by atoms with Gasteiger partial charge in [0.2, 0.25) is 0 Å². The van der Waals surface area contributed by atoms with Gasteiger partial charge in [-0.05, 0) is 38.1 Å². The summed E-state index contributed by atoms with van der Waals surface area (Å²) >= 11 is 12.2. The number of anilines is 1. The summed E-state index contributed by atoms with van der Waals surface area (Å²) in [6.45, 7) is 8.59. The van der Waals surface area contributed by atoms with Crippen molar-refractivity contribution >= 4 is 29.0 Å². The zero-order chi connectivity index (χ0) is 19.7. The van der Waals surface area contributed by atoms with Gasteiger partial charge in [0.25, 0.3) is 0 Å². The molecule has 0 saturated carbocycles. The van der Waals surface area contributed by atoms with Gasteiger partial charge in [0.15, 0.2) is 0 Å². The van der Waals surface area contributed by atoms with Crippen molar-refractivity contribution in [3.63, 3.8) is 0 Å². The number of hydrogen-bond acceptors (Lipinski definition) is 4.